The summed E-state index contributed by atoms with van der Waals surface area (Å²) < 4.78 is 13.0. The highest BCUT2D eigenvalue weighted by Gasteiger charge is 2.23. The highest BCUT2D eigenvalue weighted by molar-refractivity contribution is 6.31. The molecule has 1 aromatic heterocycles. The molecular weight excluding hydrogens is 348 g/mol. The first kappa shape index (κ1) is 18.6. The second-order valence-electron chi connectivity index (χ2n) is 7.41. The van der Waals surface area contributed by atoms with E-state index in [1.165, 1.54) is 5.56 Å². The Labute approximate surface area is 159 Å². The van der Waals surface area contributed by atoms with Gasteiger partial charge in [0.15, 0.2) is 11.5 Å². The minimum Gasteiger partial charge on any atom is -0.493 e. The minimum atomic E-state index is -0.0525. The van der Waals surface area contributed by atoms with Gasteiger partial charge in [0.05, 0.1) is 25.3 Å². The van der Waals surface area contributed by atoms with E-state index in [4.69, 9.17) is 26.1 Å². The lowest BCUT2D eigenvalue weighted by Crippen LogP contribution is -2.19. The Balaban J connectivity index is 1.95. The van der Waals surface area contributed by atoms with Crippen molar-refractivity contribution in [3.05, 3.63) is 52.8 Å². The number of methoxy groups -OCH3 is 2. The molecule has 0 atom stereocenters. The maximum absolute atomic E-state index is 6.15. The van der Waals surface area contributed by atoms with Crippen LogP contribution in [0.4, 0.5) is 0 Å². The molecule has 0 N–H and O–H groups in total. The zero-order valence-corrected chi connectivity index (χ0v) is 16.7. The van der Waals surface area contributed by atoms with Crippen LogP contribution in [0.1, 0.15) is 32.2 Å². The van der Waals surface area contributed by atoms with E-state index in [2.05, 4.69) is 37.5 Å². The van der Waals surface area contributed by atoms with E-state index >= 15 is 0 Å². The van der Waals surface area contributed by atoms with Crippen molar-refractivity contribution in [2.75, 3.05) is 14.2 Å². The molecule has 0 amide bonds. The Morgan fingerprint density at radius 3 is 2.38 bits per heavy atom. The fourth-order valence-electron chi connectivity index (χ4n) is 3.18. The molecule has 0 saturated heterocycles. The van der Waals surface area contributed by atoms with E-state index in [-0.39, 0.29) is 5.41 Å². The van der Waals surface area contributed by atoms with Crippen LogP contribution in [0.2, 0.25) is 5.02 Å². The first-order chi connectivity index (χ1) is 12.3. The number of aromatic nitrogens is 2. The molecule has 0 saturated carbocycles. The Morgan fingerprint density at radius 2 is 1.73 bits per heavy atom. The van der Waals surface area contributed by atoms with Gasteiger partial charge in [-0.15, -0.1) is 0 Å². The monoisotopic (exact) mass is 372 g/mol. The van der Waals surface area contributed by atoms with Crippen molar-refractivity contribution in [1.82, 2.24) is 9.55 Å². The van der Waals surface area contributed by atoms with E-state index in [1.54, 1.807) is 14.2 Å². The number of halogens is 1. The fraction of sp³-hybridized carbons (Fsp3) is 0.381. The summed E-state index contributed by atoms with van der Waals surface area (Å²) in [6, 6.07) is 12.0. The number of rotatable bonds is 5. The van der Waals surface area contributed by atoms with Crippen LogP contribution in [0.25, 0.3) is 11.0 Å². The topological polar surface area (TPSA) is 36.3 Å². The molecule has 0 aliphatic heterocycles. The molecule has 5 heteroatoms. The quantitative estimate of drug-likeness (QED) is 0.613. The van der Waals surface area contributed by atoms with Crippen molar-refractivity contribution < 1.29 is 9.47 Å². The van der Waals surface area contributed by atoms with Crippen molar-refractivity contribution in [3.63, 3.8) is 0 Å². The van der Waals surface area contributed by atoms with E-state index in [0.29, 0.717) is 5.02 Å². The summed E-state index contributed by atoms with van der Waals surface area (Å²) in [5.74, 6) is 2.56. The molecule has 3 rings (SSSR count). The molecule has 3 aromatic rings. The van der Waals surface area contributed by atoms with Crippen molar-refractivity contribution >= 4 is 22.6 Å². The number of nitrogens with zero attached hydrogens (tertiary/aromatic N) is 2. The first-order valence-corrected chi connectivity index (χ1v) is 9.08. The molecule has 0 radical (unpaired) electrons. The molecule has 0 unspecified atom stereocenters. The lowest BCUT2D eigenvalue weighted by Gasteiger charge is -2.20. The summed E-state index contributed by atoms with van der Waals surface area (Å²) in [5.41, 5.74) is 3.19. The Morgan fingerprint density at radius 1 is 1.00 bits per heavy atom. The van der Waals surface area contributed by atoms with Crippen molar-refractivity contribution in [1.29, 1.82) is 0 Å². The Hall–Kier alpha value is -2.20. The summed E-state index contributed by atoms with van der Waals surface area (Å²) in [6.45, 7) is 7.38. The lowest BCUT2D eigenvalue weighted by molar-refractivity contribution is 0.354. The van der Waals surface area contributed by atoms with Crippen LogP contribution in [0, 0.1) is 0 Å². The summed E-state index contributed by atoms with van der Waals surface area (Å²) in [4.78, 5) is 4.85. The average Bonchev–Trinajstić information content (AvgIpc) is 2.97. The smallest absolute Gasteiger partial charge is 0.160 e. The first-order valence-electron chi connectivity index (χ1n) is 8.70. The number of hydrogen-bond donors (Lipinski definition) is 0. The second-order valence-corrected chi connectivity index (χ2v) is 7.85. The molecule has 26 heavy (non-hydrogen) atoms. The van der Waals surface area contributed by atoms with Gasteiger partial charge in [0, 0.05) is 17.0 Å². The Bertz CT molecular complexity index is 926. The predicted octanol–water partition coefficient (Wildman–Crippen LogP) is 5.25. The van der Waals surface area contributed by atoms with Gasteiger partial charge in [-0.2, -0.15) is 0 Å². The Kier molecular flexibility index (Phi) is 5.15. The van der Waals surface area contributed by atoms with E-state index in [0.717, 1.165) is 41.3 Å². The summed E-state index contributed by atoms with van der Waals surface area (Å²) in [5, 5.41) is 0.711. The third-order valence-electron chi connectivity index (χ3n) is 4.45. The van der Waals surface area contributed by atoms with E-state index < -0.39 is 0 Å². The van der Waals surface area contributed by atoms with Crippen LogP contribution in [0.5, 0.6) is 11.5 Å². The predicted molar refractivity (Wildman–Crippen MR) is 107 cm³/mol. The number of benzene rings is 2. The van der Waals surface area contributed by atoms with Gasteiger partial charge >= 0.3 is 0 Å². The average molecular weight is 373 g/mol. The van der Waals surface area contributed by atoms with Crippen LogP contribution >= 0.6 is 11.6 Å². The molecule has 0 bridgehead atoms. The number of fused-ring (bicyclic) bond motifs is 1. The third-order valence-corrected chi connectivity index (χ3v) is 4.69. The van der Waals surface area contributed by atoms with Gasteiger partial charge < -0.3 is 14.0 Å². The molecule has 0 aliphatic rings. The van der Waals surface area contributed by atoms with Gasteiger partial charge in [0.1, 0.15) is 5.82 Å². The van der Waals surface area contributed by atoms with Gasteiger partial charge in [-0.25, -0.2) is 4.98 Å². The fourth-order valence-corrected chi connectivity index (χ4v) is 3.35. The molecule has 2 aromatic carbocycles. The standard InChI is InChI=1S/C21H25ClN2O2/c1-21(2,3)20-23-16-13-15(22)7-8-17(16)24(20)11-10-14-6-9-18(25-4)19(12-14)26-5/h6-9,12-13H,10-11H2,1-5H3. The van der Waals surface area contributed by atoms with Gasteiger partial charge in [-0.3, -0.25) is 0 Å². The zero-order chi connectivity index (χ0) is 18.9. The van der Waals surface area contributed by atoms with Gasteiger partial charge in [-0.1, -0.05) is 38.4 Å². The van der Waals surface area contributed by atoms with Gasteiger partial charge in [0.25, 0.3) is 0 Å². The maximum atomic E-state index is 6.15. The maximum Gasteiger partial charge on any atom is 0.160 e. The van der Waals surface area contributed by atoms with Crippen molar-refractivity contribution in [2.24, 2.45) is 0 Å². The third kappa shape index (κ3) is 3.65. The van der Waals surface area contributed by atoms with Crippen LogP contribution in [0.15, 0.2) is 36.4 Å². The number of aryl methyl sites for hydroxylation is 2. The van der Waals surface area contributed by atoms with Crippen LogP contribution in [-0.2, 0) is 18.4 Å². The SMILES string of the molecule is COc1ccc(CCn2c(C(C)(C)C)nc3cc(Cl)ccc32)cc1OC. The van der Waals surface area contributed by atoms with Crippen LogP contribution in [-0.4, -0.2) is 23.8 Å². The zero-order valence-electron chi connectivity index (χ0n) is 16.0. The van der Waals surface area contributed by atoms with Crippen LogP contribution in [0.3, 0.4) is 0 Å². The van der Waals surface area contributed by atoms with Gasteiger partial charge in [-0.05, 0) is 42.3 Å². The van der Waals surface area contributed by atoms with Crippen molar-refractivity contribution in [3.8, 4) is 11.5 Å². The number of ether oxygens (including phenoxy) is 2. The van der Waals surface area contributed by atoms with E-state index in [1.807, 2.05) is 24.3 Å². The highest BCUT2D eigenvalue weighted by Crippen LogP contribution is 2.30. The molecule has 4 nitrogen and oxygen atoms in total. The molecular formula is C21H25ClN2O2. The largest absolute Gasteiger partial charge is 0.493 e. The number of hydrogen-bond acceptors (Lipinski definition) is 3. The molecule has 0 spiro atoms. The molecule has 0 fully saturated rings. The lowest BCUT2D eigenvalue weighted by atomic mass is 9.95. The number of imidazole rings is 1. The second kappa shape index (κ2) is 7.20. The van der Waals surface area contributed by atoms with Gasteiger partial charge in [0.2, 0.25) is 0 Å². The van der Waals surface area contributed by atoms with Crippen molar-refractivity contribution in [2.45, 2.75) is 39.2 Å². The summed E-state index contributed by atoms with van der Waals surface area (Å²) in [6.07, 6.45) is 0.873. The molecule has 1 heterocycles. The minimum absolute atomic E-state index is 0.0525. The molecule has 138 valence electrons. The molecule has 0 aliphatic carbocycles. The van der Waals surface area contributed by atoms with Crippen LogP contribution < -0.4 is 9.47 Å². The summed E-state index contributed by atoms with van der Waals surface area (Å²) in [7, 11) is 3.31. The highest BCUT2D eigenvalue weighted by atomic mass is 35.5. The normalized spacial score (nSPS) is 11.8. The van der Waals surface area contributed by atoms with E-state index in [9.17, 15) is 0 Å². The summed E-state index contributed by atoms with van der Waals surface area (Å²) >= 11 is 6.15.